The van der Waals surface area contributed by atoms with Gasteiger partial charge in [-0.3, -0.25) is 4.79 Å². The molecule has 0 aliphatic rings. The molecule has 0 saturated carbocycles. The number of nitrogens with one attached hydrogen (secondary N) is 2. The Hall–Kier alpha value is -2.65. The lowest BCUT2D eigenvalue weighted by Gasteiger charge is -2.27. The highest BCUT2D eigenvalue weighted by Crippen LogP contribution is 2.34. The number of benzene rings is 2. The standard InChI is InChI=1S/C27H40N2O6/c1-6-32-24(33-7-2)18-28-22-14-10-20(11-15-22)27(5,26(30)31)21-12-16-23(17-13-21)29-19-25(34-8-3)35-9-4/h10-17,24-25,28-29H,6-9,18-19H2,1-5H3,(H,30,31). The fraction of sp³-hybridized carbons (Fsp3) is 0.519. The van der Waals surface area contributed by atoms with E-state index in [1.165, 1.54) is 0 Å². The minimum atomic E-state index is -1.20. The molecule has 0 aliphatic carbocycles. The van der Waals surface area contributed by atoms with Crippen molar-refractivity contribution in [2.45, 2.75) is 52.6 Å². The van der Waals surface area contributed by atoms with Crippen molar-refractivity contribution in [3.05, 3.63) is 59.7 Å². The third kappa shape index (κ3) is 8.21. The van der Waals surface area contributed by atoms with Gasteiger partial charge in [-0.2, -0.15) is 0 Å². The van der Waals surface area contributed by atoms with Crippen molar-refractivity contribution >= 4 is 17.3 Å². The van der Waals surface area contributed by atoms with Crippen molar-refractivity contribution in [1.82, 2.24) is 0 Å². The van der Waals surface area contributed by atoms with Gasteiger partial charge < -0.3 is 34.7 Å². The summed E-state index contributed by atoms with van der Waals surface area (Å²) < 4.78 is 22.2. The Balaban J connectivity index is 2.11. The summed E-state index contributed by atoms with van der Waals surface area (Å²) in [7, 11) is 0. The third-order valence-electron chi connectivity index (χ3n) is 5.71. The molecule has 0 fully saturated rings. The van der Waals surface area contributed by atoms with Gasteiger partial charge in [-0.1, -0.05) is 24.3 Å². The van der Waals surface area contributed by atoms with Crippen LogP contribution in [0.4, 0.5) is 11.4 Å². The van der Waals surface area contributed by atoms with E-state index in [2.05, 4.69) is 10.6 Å². The maximum atomic E-state index is 12.4. The molecule has 8 heteroatoms. The van der Waals surface area contributed by atoms with E-state index in [1.807, 2.05) is 76.2 Å². The number of carboxylic acid groups (broad SMARTS) is 1. The highest BCUT2D eigenvalue weighted by atomic mass is 16.7. The van der Waals surface area contributed by atoms with Gasteiger partial charge in [0.25, 0.3) is 0 Å². The van der Waals surface area contributed by atoms with E-state index >= 15 is 0 Å². The van der Waals surface area contributed by atoms with E-state index in [1.54, 1.807) is 6.92 Å². The summed E-state index contributed by atoms with van der Waals surface area (Å²) >= 11 is 0. The van der Waals surface area contributed by atoms with Crippen LogP contribution in [0.25, 0.3) is 0 Å². The zero-order valence-electron chi connectivity index (χ0n) is 21.5. The monoisotopic (exact) mass is 488 g/mol. The molecule has 0 spiro atoms. The van der Waals surface area contributed by atoms with Crippen molar-refractivity contribution in [3.8, 4) is 0 Å². The van der Waals surface area contributed by atoms with E-state index in [0.29, 0.717) is 50.6 Å². The minimum absolute atomic E-state index is 0.335. The number of aliphatic carboxylic acids is 1. The first kappa shape index (κ1) is 28.6. The van der Waals surface area contributed by atoms with Gasteiger partial charge in [0.2, 0.25) is 0 Å². The fourth-order valence-corrected chi connectivity index (χ4v) is 3.73. The summed E-state index contributed by atoms with van der Waals surface area (Å²) in [5.74, 6) is -0.917. The molecule has 194 valence electrons. The molecule has 0 aliphatic heterocycles. The summed E-state index contributed by atoms with van der Waals surface area (Å²) in [6, 6.07) is 14.9. The lowest BCUT2D eigenvalue weighted by Crippen LogP contribution is -2.33. The normalized spacial score (nSPS) is 11.7. The molecule has 2 aromatic carbocycles. The molecule has 8 nitrogen and oxygen atoms in total. The van der Waals surface area contributed by atoms with Gasteiger partial charge in [-0.25, -0.2) is 0 Å². The van der Waals surface area contributed by atoms with Crippen LogP contribution in [-0.2, 0) is 29.2 Å². The number of hydrogen-bond donors (Lipinski definition) is 3. The Kier molecular flexibility index (Phi) is 12.0. The van der Waals surface area contributed by atoms with Crippen LogP contribution >= 0.6 is 0 Å². The average Bonchev–Trinajstić information content (AvgIpc) is 2.86. The van der Waals surface area contributed by atoms with Crippen molar-refractivity contribution in [3.63, 3.8) is 0 Å². The fourth-order valence-electron chi connectivity index (χ4n) is 3.73. The SMILES string of the molecule is CCOC(CNc1ccc(C(C)(C(=O)O)c2ccc(NCC(OCC)OCC)cc2)cc1)OCC. The lowest BCUT2D eigenvalue weighted by atomic mass is 9.76. The number of carbonyl (C=O) groups is 1. The Bertz CT molecular complexity index is 797. The molecule has 3 N–H and O–H groups in total. The predicted octanol–water partition coefficient (Wildman–Crippen LogP) is 4.70. The topological polar surface area (TPSA) is 98.3 Å². The van der Waals surface area contributed by atoms with Crippen LogP contribution in [0.2, 0.25) is 0 Å². The van der Waals surface area contributed by atoms with Crippen LogP contribution in [0.1, 0.15) is 45.7 Å². The minimum Gasteiger partial charge on any atom is -0.480 e. The van der Waals surface area contributed by atoms with E-state index in [4.69, 9.17) is 18.9 Å². The summed E-state index contributed by atoms with van der Waals surface area (Å²) in [5.41, 5.74) is 1.91. The van der Waals surface area contributed by atoms with Gasteiger partial charge in [-0.15, -0.1) is 0 Å². The van der Waals surface area contributed by atoms with Gasteiger partial charge in [0.05, 0.1) is 13.1 Å². The second-order valence-corrected chi connectivity index (χ2v) is 8.03. The first-order valence-electron chi connectivity index (χ1n) is 12.3. The highest BCUT2D eigenvalue weighted by Gasteiger charge is 2.37. The Morgan fingerprint density at radius 2 is 1.03 bits per heavy atom. The molecule has 0 unspecified atom stereocenters. The molecule has 2 aromatic rings. The number of ether oxygens (including phenoxy) is 4. The second-order valence-electron chi connectivity index (χ2n) is 8.03. The molecule has 0 atom stereocenters. The maximum Gasteiger partial charge on any atom is 0.318 e. The van der Waals surface area contributed by atoms with E-state index in [-0.39, 0.29) is 12.6 Å². The second kappa shape index (κ2) is 14.7. The molecule has 35 heavy (non-hydrogen) atoms. The number of hydrogen-bond acceptors (Lipinski definition) is 7. The zero-order valence-corrected chi connectivity index (χ0v) is 21.5. The molecule has 0 saturated heterocycles. The molecular formula is C27H40N2O6. The van der Waals surface area contributed by atoms with Gasteiger partial charge in [0.15, 0.2) is 12.6 Å². The van der Waals surface area contributed by atoms with Crippen molar-refractivity contribution in [2.75, 3.05) is 50.2 Å². The molecule has 0 radical (unpaired) electrons. The van der Waals surface area contributed by atoms with Crippen LogP contribution in [0.3, 0.4) is 0 Å². The molecule has 2 rings (SSSR count). The van der Waals surface area contributed by atoms with Crippen LogP contribution in [-0.4, -0.2) is 63.2 Å². The first-order chi connectivity index (χ1) is 16.9. The summed E-state index contributed by atoms with van der Waals surface area (Å²) in [5, 5.41) is 16.7. The van der Waals surface area contributed by atoms with Crippen LogP contribution in [0, 0.1) is 0 Å². The lowest BCUT2D eigenvalue weighted by molar-refractivity contribution is -0.141. The summed E-state index contributed by atoms with van der Waals surface area (Å²) in [6.45, 7) is 12.7. The van der Waals surface area contributed by atoms with Crippen LogP contribution < -0.4 is 10.6 Å². The van der Waals surface area contributed by atoms with E-state index < -0.39 is 11.4 Å². The molecular weight excluding hydrogens is 448 g/mol. The number of anilines is 2. The zero-order chi connectivity index (χ0) is 25.7. The van der Waals surface area contributed by atoms with Crippen LogP contribution in [0.5, 0.6) is 0 Å². The van der Waals surface area contributed by atoms with Gasteiger partial charge >= 0.3 is 5.97 Å². The average molecular weight is 489 g/mol. The van der Waals surface area contributed by atoms with Gasteiger partial charge in [-0.05, 0) is 70.0 Å². The van der Waals surface area contributed by atoms with Crippen molar-refractivity contribution in [1.29, 1.82) is 0 Å². The smallest absolute Gasteiger partial charge is 0.318 e. The predicted molar refractivity (Wildman–Crippen MR) is 138 cm³/mol. The third-order valence-corrected chi connectivity index (χ3v) is 5.71. The summed E-state index contributed by atoms with van der Waals surface area (Å²) in [4.78, 5) is 12.4. The largest absolute Gasteiger partial charge is 0.480 e. The molecule has 0 amide bonds. The highest BCUT2D eigenvalue weighted by molar-refractivity contribution is 5.85. The van der Waals surface area contributed by atoms with E-state index in [0.717, 1.165) is 11.4 Å². The summed E-state index contributed by atoms with van der Waals surface area (Å²) in [6.07, 6.45) is -0.670. The molecule has 0 heterocycles. The Labute approximate surface area is 208 Å². The first-order valence-corrected chi connectivity index (χ1v) is 12.3. The van der Waals surface area contributed by atoms with Gasteiger partial charge in [0.1, 0.15) is 5.41 Å². The quantitative estimate of drug-likeness (QED) is 0.276. The van der Waals surface area contributed by atoms with Gasteiger partial charge in [0, 0.05) is 37.8 Å². The maximum absolute atomic E-state index is 12.4. The molecule has 0 bridgehead atoms. The van der Waals surface area contributed by atoms with Crippen molar-refractivity contribution in [2.24, 2.45) is 0 Å². The number of carboxylic acids is 1. The number of rotatable bonds is 17. The van der Waals surface area contributed by atoms with Crippen molar-refractivity contribution < 1.29 is 28.8 Å². The molecule has 0 aromatic heterocycles. The Morgan fingerprint density at radius 3 is 1.29 bits per heavy atom. The van der Waals surface area contributed by atoms with Crippen LogP contribution in [0.15, 0.2) is 48.5 Å². The van der Waals surface area contributed by atoms with E-state index in [9.17, 15) is 9.90 Å². The Morgan fingerprint density at radius 1 is 0.714 bits per heavy atom.